The van der Waals surface area contributed by atoms with Gasteiger partial charge in [-0.25, -0.2) is 9.97 Å². The Hall–Kier alpha value is -2.70. The summed E-state index contributed by atoms with van der Waals surface area (Å²) in [6, 6.07) is 1.89. The molecule has 0 saturated carbocycles. The highest BCUT2D eigenvalue weighted by molar-refractivity contribution is 5.94. The number of nitrogens with one attached hydrogen (secondary N) is 2. The molecule has 2 aromatic rings. The third-order valence-electron chi connectivity index (χ3n) is 5.17. The first kappa shape index (κ1) is 19.1. The molecule has 0 aromatic carbocycles. The Balaban J connectivity index is 1.78. The number of nitrogens with zero attached hydrogens (tertiary/aromatic N) is 3. The van der Waals surface area contributed by atoms with Crippen molar-refractivity contribution in [2.24, 2.45) is 5.41 Å². The Morgan fingerprint density at radius 3 is 2.67 bits per heavy atom. The molecule has 1 amide bonds. The average Bonchev–Trinajstić information content (AvgIpc) is 2.93. The highest BCUT2D eigenvalue weighted by Crippen LogP contribution is 2.33. The van der Waals surface area contributed by atoms with E-state index in [9.17, 15) is 9.59 Å². The molecule has 7 heteroatoms. The number of carbonyl (C=O) groups excluding carboxylic acids is 1. The molecule has 0 spiro atoms. The lowest BCUT2D eigenvalue weighted by Gasteiger charge is -2.22. The summed E-state index contributed by atoms with van der Waals surface area (Å²) in [5, 5.41) is 2.82. The molecule has 0 bridgehead atoms. The summed E-state index contributed by atoms with van der Waals surface area (Å²) >= 11 is 0. The monoisotopic (exact) mass is 369 g/mol. The largest absolute Gasteiger partial charge is 0.356 e. The van der Waals surface area contributed by atoms with Crippen LogP contribution in [0.15, 0.2) is 17.2 Å². The van der Waals surface area contributed by atoms with Crippen molar-refractivity contribution in [3.8, 4) is 0 Å². The van der Waals surface area contributed by atoms with Gasteiger partial charge in [0.05, 0.1) is 0 Å². The van der Waals surface area contributed by atoms with Crippen LogP contribution in [-0.4, -0.2) is 33.9 Å². The topological polar surface area (TPSA) is 91.0 Å². The zero-order chi connectivity index (χ0) is 19.8. The predicted octanol–water partition coefficient (Wildman–Crippen LogP) is 2.26. The van der Waals surface area contributed by atoms with Gasteiger partial charge in [0, 0.05) is 36.5 Å². The summed E-state index contributed by atoms with van der Waals surface area (Å²) in [6.07, 6.45) is 2.53. The van der Waals surface area contributed by atoms with Gasteiger partial charge in [0.15, 0.2) is 0 Å². The number of aromatic amines is 1. The molecule has 0 aliphatic carbocycles. The van der Waals surface area contributed by atoms with Crippen LogP contribution in [0.4, 0.5) is 5.82 Å². The van der Waals surface area contributed by atoms with E-state index in [0.29, 0.717) is 11.3 Å². The molecule has 0 atom stereocenters. The highest BCUT2D eigenvalue weighted by Gasteiger charge is 2.31. The standard InChI is InChI=1S/C20H27N5O2/c1-12-8-13(2)24-18(26)15(12)9-21-19(27)16-14(3)17(23-11-22-16)25-7-6-20(4,5)10-25/h8,11H,6-7,9-10H2,1-5H3,(H,21,27)(H,24,26). The van der Waals surface area contributed by atoms with E-state index in [4.69, 9.17) is 0 Å². The van der Waals surface area contributed by atoms with E-state index < -0.39 is 0 Å². The molecule has 7 nitrogen and oxygen atoms in total. The van der Waals surface area contributed by atoms with Crippen molar-refractivity contribution in [2.75, 3.05) is 18.0 Å². The lowest BCUT2D eigenvalue weighted by atomic mass is 9.93. The number of hydrogen-bond acceptors (Lipinski definition) is 5. The van der Waals surface area contributed by atoms with Crippen LogP contribution in [0, 0.1) is 26.2 Å². The summed E-state index contributed by atoms with van der Waals surface area (Å²) in [5.41, 5.74) is 3.40. The first-order valence-electron chi connectivity index (χ1n) is 9.22. The minimum Gasteiger partial charge on any atom is -0.356 e. The van der Waals surface area contributed by atoms with E-state index in [-0.39, 0.29) is 23.4 Å². The molecule has 3 heterocycles. The molecule has 1 aliphatic heterocycles. The van der Waals surface area contributed by atoms with Crippen molar-refractivity contribution >= 4 is 11.7 Å². The number of aryl methyl sites for hydroxylation is 2. The number of aromatic nitrogens is 3. The van der Waals surface area contributed by atoms with Gasteiger partial charge >= 0.3 is 0 Å². The summed E-state index contributed by atoms with van der Waals surface area (Å²) in [5.74, 6) is 0.513. The van der Waals surface area contributed by atoms with Crippen molar-refractivity contribution < 1.29 is 4.79 Å². The first-order valence-corrected chi connectivity index (χ1v) is 9.22. The van der Waals surface area contributed by atoms with E-state index in [1.165, 1.54) is 6.33 Å². The Morgan fingerprint density at radius 2 is 2.04 bits per heavy atom. The van der Waals surface area contributed by atoms with Gasteiger partial charge in [0.25, 0.3) is 11.5 Å². The SMILES string of the molecule is Cc1cc(C)c(CNC(=O)c2ncnc(N3CCC(C)(C)C3)c2C)c(=O)[nH]1. The molecule has 0 radical (unpaired) electrons. The molecular weight excluding hydrogens is 342 g/mol. The quantitative estimate of drug-likeness (QED) is 0.863. The number of rotatable bonds is 4. The van der Waals surface area contributed by atoms with Crippen LogP contribution in [0.5, 0.6) is 0 Å². The van der Waals surface area contributed by atoms with Crippen LogP contribution in [-0.2, 0) is 6.54 Å². The molecule has 3 rings (SSSR count). The van der Waals surface area contributed by atoms with Crippen molar-refractivity contribution in [3.63, 3.8) is 0 Å². The van der Waals surface area contributed by atoms with Gasteiger partial charge in [0.2, 0.25) is 0 Å². The molecule has 27 heavy (non-hydrogen) atoms. The second-order valence-electron chi connectivity index (χ2n) is 8.13. The van der Waals surface area contributed by atoms with Crippen molar-refractivity contribution in [2.45, 2.75) is 47.6 Å². The Kier molecular flexibility index (Phi) is 5.04. The molecule has 2 N–H and O–H groups in total. The first-order chi connectivity index (χ1) is 12.7. The van der Waals surface area contributed by atoms with E-state index in [0.717, 1.165) is 42.1 Å². The molecule has 2 aromatic heterocycles. The summed E-state index contributed by atoms with van der Waals surface area (Å²) < 4.78 is 0. The van der Waals surface area contributed by atoms with E-state index in [2.05, 4.69) is 39.0 Å². The summed E-state index contributed by atoms with van der Waals surface area (Å²) in [6.45, 7) is 12.0. The van der Waals surface area contributed by atoms with Gasteiger partial charge in [-0.2, -0.15) is 0 Å². The fourth-order valence-electron chi connectivity index (χ4n) is 3.64. The number of amides is 1. The van der Waals surface area contributed by atoms with Gasteiger partial charge < -0.3 is 15.2 Å². The molecule has 1 fully saturated rings. The van der Waals surface area contributed by atoms with Gasteiger partial charge in [-0.05, 0) is 44.2 Å². The lowest BCUT2D eigenvalue weighted by Crippen LogP contribution is -2.30. The molecular formula is C20H27N5O2. The maximum absolute atomic E-state index is 12.7. The van der Waals surface area contributed by atoms with Crippen LogP contribution < -0.4 is 15.8 Å². The van der Waals surface area contributed by atoms with Crippen molar-refractivity contribution in [3.05, 3.63) is 50.8 Å². The zero-order valence-electron chi connectivity index (χ0n) is 16.6. The van der Waals surface area contributed by atoms with Crippen molar-refractivity contribution in [1.82, 2.24) is 20.3 Å². The van der Waals surface area contributed by atoms with Gasteiger partial charge in [-0.1, -0.05) is 13.8 Å². The van der Waals surface area contributed by atoms with Crippen LogP contribution in [0.2, 0.25) is 0 Å². The maximum Gasteiger partial charge on any atom is 0.270 e. The lowest BCUT2D eigenvalue weighted by molar-refractivity contribution is 0.0945. The van der Waals surface area contributed by atoms with E-state index >= 15 is 0 Å². The zero-order valence-corrected chi connectivity index (χ0v) is 16.6. The minimum absolute atomic E-state index is 0.163. The number of anilines is 1. The second-order valence-corrected chi connectivity index (χ2v) is 8.13. The third kappa shape index (κ3) is 4.02. The van der Waals surface area contributed by atoms with E-state index in [1.54, 1.807) is 0 Å². The number of carbonyl (C=O) groups is 1. The fraction of sp³-hybridized carbons (Fsp3) is 0.500. The summed E-state index contributed by atoms with van der Waals surface area (Å²) in [7, 11) is 0. The molecule has 1 aliphatic rings. The van der Waals surface area contributed by atoms with Crippen molar-refractivity contribution in [1.29, 1.82) is 0 Å². The Labute approximate surface area is 159 Å². The Bertz CT molecular complexity index is 932. The van der Waals surface area contributed by atoms with Gasteiger partial charge in [-0.3, -0.25) is 9.59 Å². The molecule has 0 unspecified atom stereocenters. The van der Waals surface area contributed by atoms with E-state index in [1.807, 2.05) is 26.8 Å². The molecule has 1 saturated heterocycles. The van der Waals surface area contributed by atoms with Crippen LogP contribution in [0.1, 0.15) is 53.1 Å². The smallest absolute Gasteiger partial charge is 0.270 e. The predicted molar refractivity (Wildman–Crippen MR) is 105 cm³/mol. The maximum atomic E-state index is 12.7. The Morgan fingerprint density at radius 1 is 1.30 bits per heavy atom. The van der Waals surface area contributed by atoms with Crippen LogP contribution >= 0.6 is 0 Å². The summed E-state index contributed by atoms with van der Waals surface area (Å²) in [4.78, 5) is 38.4. The average molecular weight is 369 g/mol. The molecule has 144 valence electrons. The van der Waals surface area contributed by atoms with Crippen LogP contribution in [0.3, 0.4) is 0 Å². The van der Waals surface area contributed by atoms with Crippen LogP contribution in [0.25, 0.3) is 0 Å². The second kappa shape index (κ2) is 7.13. The number of hydrogen-bond donors (Lipinski definition) is 2. The third-order valence-corrected chi connectivity index (χ3v) is 5.17. The number of H-pyrrole nitrogens is 1. The normalized spacial score (nSPS) is 15.8. The van der Waals surface area contributed by atoms with Gasteiger partial charge in [-0.15, -0.1) is 0 Å². The van der Waals surface area contributed by atoms with Gasteiger partial charge in [0.1, 0.15) is 17.8 Å². The minimum atomic E-state index is -0.297. The fourth-order valence-corrected chi connectivity index (χ4v) is 3.64. The number of pyridine rings is 1. The highest BCUT2D eigenvalue weighted by atomic mass is 16.2.